The van der Waals surface area contributed by atoms with Crippen molar-refractivity contribution < 1.29 is 28.4 Å². The molecule has 0 amide bonds. The first-order valence-electron chi connectivity index (χ1n) is 2.32. The first-order chi connectivity index (χ1) is 3.93. The second kappa shape index (κ2) is 2.90. The van der Waals surface area contributed by atoms with E-state index in [0.29, 0.717) is 0 Å². The molecule has 2 heteroatoms. The number of benzene rings is 1. The van der Waals surface area contributed by atoms with E-state index in [1.807, 2.05) is 30.3 Å². The molecule has 0 radical (unpaired) electrons. The molecular formula is C6H8OTi. The molecule has 0 atom stereocenters. The van der Waals surface area contributed by atoms with Crippen LogP contribution < -0.4 is 3.32 Å². The second-order valence-corrected chi connectivity index (χ2v) is 1.73. The molecule has 0 aromatic heterocycles. The molecule has 1 aromatic carbocycles. The van der Waals surface area contributed by atoms with Crippen LogP contribution >= 0.6 is 0 Å². The van der Waals surface area contributed by atoms with Crippen LogP contribution in [0.5, 0.6) is 5.75 Å². The van der Waals surface area contributed by atoms with Crippen molar-refractivity contribution in [3.63, 3.8) is 0 Å². The van der Waals surface area contributed by atoms with Crippen LogP contribution in [-0.4, -0.2) is 0 Å². The molecule has 0 unspecified atom stereocenters. The van der Waals surface area contributed by atoms with Gasteiger partial charge in [0, 0.05) is 0 Å². The summed E-state index contributed by atoms with van der Waals surface area (Å²) in [6.07, 6.45) is 0. The van der Waals surface area contributed by atoms with E-state index in [1.54, 1.807) is 20.8 Å². The van der Waals surface area contributed by atoms with Crippen molar-refractivity contribution in [3.05, 3.63) is 30.3 Å². The van der Waals surface area contributed by atoms with Gasteiger partial charge in [-0.3, -0.25) is 0 Å². The standard InChI is InChI=1S/C6H6O.Ti.3H/c7-6-4-2-1-3-5-6;;;;/h1-5,7H;;;;/q;+4;3*-1/p-1. The summed E-state index contributed by atoms with van der Waals surface area (Å²) in [5.41, 5.74) is 0. The fourth-order valence-corrected chi connectivity index (χ4v) is 0.701. The fourth-order valence-electron chi connectivity index (χ4n) is 0.489. The Balaban J connectivity index is -0.000000213. The summed E-state index contributed by atoms with van der Waals surface area (Å²) in [5, 5.41) is 0. The van der Waals surface area contributed by atoms with Crippen LogP contribution in [0.4, 0.5) is 0 Å². The van der Waals surface area contributed by atoms with E-state index >= 15 is 0 Å². The topological polar surface area (TPSA) is 9.23 Å². The average Bonchev–Trinajstić information content (AvgIpc) is 1.90. The fraction of sp³-hybridized carbons (Fsp3) is 0. The maximum absolute atomic E-state index is 4.91. The van der Waals surface area contributed by atoms with E-state index < -0.39 is 0 Å². The van der Waals surface area contributed by atoms with Crippen molar-refractivity contribution in [2.24, 2.45) is 0 Å². The van der Waals surface area contributed by atoms with Gasteiger partial charge in [0.15, 0.2) is 0 Å². The summed E-state index contributed by atoms with van der Waals surface area (Å²) in [4.78, 5) is 0. The Kier molecular flexibility index (Phi) is 2.13. The van der Waals surface area contributed by atoms with Gasteiger partial charge in [-0.2, -0.15) is 0 Å². The first kappa shape index (κ1) is 5.86. The van der Waals surface area contributed by atoms with Crippen molar-refractivity contribution in [3.8, 4) is 5.75 Å². The number of para-hydroxylation sites is 1. The van der Waals surface area contributed by atoms with E-state index in [2.05, 4.69) is 0 Å². The molecule has 0 aliphatic rings. The molecular weight excluding hydrogens is 136 g/mol. The molecule has 42 valence electrons. The molecule has 0 fully saturated rings. The molecule has 0 saturated heterocycles. The monoisotopic (exact) mass is 144 g/mol. The third kappa shape index (κ3) is 1.36. The van der Waals surface area contributed by atoms with E-state index in [1.165, 1.54) is 0 Å². The maximum atomic E-state index is 4.91. The molecule has 1 nitrogen and oxygen atoms in total. The Bertz CT molecular complexity index is 159. The molecule has 8 heavy (non-hydrogen) atoms. The van der Waals surface area contributed by atoms with Crippen LogP contribution in [0, 0.1) is 0 Å². The van der Waals surface area contributed by atoms with Gasteiger partial charge < -0.3 is 4.28 Å². The number of hydrogen-bond acceptors (Lipinski definition) is 1. The van der Waals surface area contributed by atoms with Gasteiger partial charge in [0.1, 0.15) is 0 Å². The molecule has 0 spiro atoms. The van der Waals surface area contributed by atoms with E-state index in [9.17, 15) is 0 Å². The van der Waals surface area contributed by atoms with Crippen molar-refractivity contribution in [1.29, 1.82) is 0 Å². The van der Waals surface area contributed by atoms with Crippen molar-refractivity contribution in [1.82, 2.24) is 0 Å². The van der Waals surface area contributed by atoms with Crippen molar-refractivity contribution >= 4 is 0 Å². The predicted molar refractivity (Wildman–Crippen MR) is 30.4 cm³/mol. The summed E-state index contributed by atoms with van der Waals surface area (Å²) in [6, 6.07) is 9.68. The molecule has 0 saturated carbocycles. The average molecular weight is 144 g/mol. The van der Waals surface area contributed by atoms with Gasteiger partial charge in [0.25, 0.3) is 0 Å². The van der Waals surface area contributed by atoms with Crippen LogP contribution in [0.15, 0.2) is 30.3 Å². The van der Waals surface area contributed by atoms with Gasteiger partial charge in [0.2, 0.25) is 0 Å². The normalized spacial score (nSPS) is 8.75. The SMILES string of the molecule is [H-].[H-].[H-].[Ti+3][O]c1ccccc1. The van der Waals surface area contributed by atoms with Gasteiger partial charge in [0.05, 0.1) is 0 Å². The minimum atomic E-state index is 0. The van der Waals surface area contributed by atoms with Gasteiger partial charge in [-0.1, -0.05) is 0 Å². The molecule has 0 bridgehead atoms. The molecule has 0 heterocycles. The van der Waals surface area contributed by atoms with Crippen molar-refractivity contribution in [2.75, 3.05) is 0 Å². The summed E-state index contributed by atoms with van der Waals surface area (Å²) >= 11 is 1.66. The Morgan fingerprint density at radius 1 is 1.25 bits per heavy atom. The van der Waals surface area contributed by atoms with Crippen molar-refractivity contribution in [2.45, 2.75) is 0 Å². The zero-order valence-corrected chi connectivity index (χ0v) is 5.86. The zero-order valence-electron chi connectivity index (χ0n) is 7.29. The van der Waals surface area contributed by atoms with Crippen LogP contribution in [0.1, 0.15) is 4.28 Å². The summed E-state index contributed by atoms with van der Waals surface area (Å²) in [5.74, 6) is 0.910. The number of rotatable bonds is 1. The molecule has 0 aliphatic heterocycles. The summed E-state index contributed by atoms with van der Waals surface area (Å²) in [7, 11) is 0. The Labute approximate surface area is 65.0 Å². The Morgan fingerprint density at radius 2 is 1.88 bits per heavy atom. The predicted octanol–water partition coefficient (Wildman–Crippen LogP) is 1.86. The minimum absolute atomic E-state index is 0. The zero-order chi connectivity index (χ0) is 5.82. The van der Waals surface area contributed by atoms with Gasteiger partial charge in [-0.15, -0.1) is 0 Å². The summed E-state index contributed by atoms with van der Waals surface area (Å²) in [6.45, 7) is 0. The molecule has 0 aliphatic carbocycles. The van der Waals surface area contributed by atoms with Gasteiger partial charge in [-0.25, -0.2) is 0 Å². The van der Waals surface area contributed by atoms with Crippen LogP contribution in [0.2, 0.25) is 0 Å². The van der Waals surface area contributed by atoms with Crippen LogP contribution in [-0.2, 0) is 20.8 Å². The van der Waals surface area contributed by atoms with E-state index in [4.69, 9.17) is 3.32 Å². The van der Waals surface area contributed by atoms with E-state index in [-0.39, 0.29) is 4.28 Å². The number of hydrogen-bond donors (Lipinski definition) is 0. The molecule has 0 N–H and O–H groups in total. The summed E-state index contributed by atoms with van der Waals surface area (Å²) < 4.78 is 4.91. The van der Waals surface area contributed by atoms with Gasteiger partial charge >= 0.3 is 60.2 Å². The Morgan fingerprint density at radius 3 is 2.25 bits per heavy atom. The Hall–Kier alpha value is -0.266. The van der Waals surface area contributed by atoms with Gasteiger partial charge in [-0.05, 0) is 0 Å². The third-order valence-corrected chi connectivity index (χ3v) is 1.23. The van der Waals surface area contributed by atoms with E-state index in [0.717, 1.165) is 5.75 Å². The quantitative estimate of drug-likeness (QED) is 0.546. The van der Waals surface area contributed by atoms with Crippen LogP contribution in [0.3, 0.4) is 0 Å². The first-order valence-corrected chi connectivity index (χ1v) is 2.96. The third-order valence-electron chi connectivity index (χ3n) is 0.861. The molecule has 1 aromatic rings. The second-order valence-electron chi connectivity index (χ2n) is 1.42. The van der Waals surface area contributed by atoms with Crippen LogP contribution in [0.25, 0.3) is 0 Å². The molecule has 1 rings (SSSR count).